The molecule has 4 heterocycles. The summed E-state index contributed by atoms with van der Waals surface area (Å²) in [6.07, 6.45) is 0. The van der Waals surface area contributed by atoms with Gasteiger partial charge in [0.1, 0.15) is 11.0 Å². The van der Waals surface area contributed by atoms with Gasteiger partial charge in [-0.2, -0.15) is 0 Å². The van der Waals surface area contributed by atoms with Gasteiger partial charge in [-0.1, -0.05) is 0 Å². The molecule has 2 saturated heterocycles. The fourth-order valence-corrected chi connectivity index (χ4v) is 3.47. The molecule has 0 unspecified atom stereocenters. The lowest BCUT2D eigenvalue weighted by molar-refractivity contribution is 0.00578. The van der Waals surface area contributed by atoms with E-state index in [0.29, 0.717) is 33.8 Å². The lowest BCUT2D eigenvalue weighted by atomic mass is 9.90. The summed E-state index contributed by atoms with van der Waals surface area (Å²) in [4.78, 5) is 9.12. The minimum Gasteiger partial charge on any atom is -0.443 e. The second kappa shape index (κ2) is 5.88. The first-order valence-corrected chi connectivity index (χ1v) is 10.2. The highest BCUT2D eigenvalue weighted by Crippen LogP contribution is 2.38. The van der Waals surface area contributed by atoms with Gasteiger partial charge in [-0.15, -0.1) is 0 Å². The van der Waals surface area contributed by atoms with E-state index in [9.17, 15) is 0 Å². The fraction of sp³-hybridized carbons (Fsp3) is 0.600. The maximum atomic E-state index is 6.03. The van der Waals surface area contributed by atoms with Crippen LogP contribution in [-0.4, -0.2) is 46.6 Å². The third kappa shape index (κ3) is 2.85. The summed E-state index contributed by atoms with van der Waals surface area (Å²) in [6, 6.07) is 3.59. The van der Waals surface area contributed by atoms with Crippen LogP contribution in [0.5, 0.6) is 0 Å². The minimum atomic E-state index is -0.665. The van der Waals surface area contributed by atoms with E-state index in [4.69, 9.17) is 27.5 Å². The van der Waals surface area contributed by atoms with Crippen molar-refractivity contribution in [2.45, 2.75) is 77.8 Å². The maximum absolute atomic E-state index is 6.03. The van der Waals surface area contributed by atoms with E-state index < -0.39 is 36.6 Å². The molecule has 0 aliphatic carbocycles. The van der Waals surface area contributed by atoms with Gasteiger partial charge in [-0.3, -0.25) is 0 Å². The quantitative estimate of drug-likeness (QED) is 0.594. The second-order valence-electron chi connectivity index (χ2n) is 10.1. The van der Waals surface area contributed by atoms with E-state index >= 15 is 0 Å². The van der Waals surface area contributed by atoms with Crippen LogP contribution in [0.2, 0.25) is 0 Å². The molecular formula is C20H26B2N2O6. The summed E-state index contributed by atoms with van der Waals surface area (Å²) < 4.78 is 36.0. The smallest absolute Gasteiger partial charge is 0.443 e. The standard InChI is InChI=1S/C20H26B2N2O6/c1-17(2)18(3,4)28-21(27-17)15-23-11-9-14-12(10-13(11)25-15)24-16(26-14)22-29-19(5,6)20(7,8)30-22/h9-10H,1-8H3. The summed E-state index contributed by atoms with van der Waals surface area (Å²) >= 11 is 0. The summed E-state index contributed by atoms with van der Waals surface area (Å²) in [5.74, 6) is 0.755. The molecule has 2 aliphatic heterocycles. The number of benzene rings is 1. The minimum absolute atomic E-state index is 0.377. The van der Waals surface area contributed by atoms with Crippen molar-refractivity contribution < 1.29 is 27.5 Å². The highest BCUT2D eigenvalue weighted by molar-refractivity contribution is 6.60. The van der Waals surface area contributed by atoms with Gasteiger partial charge in [0.15, 0.2) is 11.2 Å². The molecule has 5 rings (SSSR count). The molecule has 158 valence electrons. The van der Waals surface area contributed by atoms with Crippen molar-refractivity contribution in [1.29, 1.82) is 0 Å². The predicted octanol–water partition coefficient (Wildman–Crippen LogP) is 2.57. The molecule has 0 bridgehead atoms. The number of oxazole rings is 2. The monoisotopic (exact) mass is 412 g/mol. The number of fused-ring (bicyclic) bond motifs is 2. The van der Waals surface area contributed by atoms with Crippen LogP contribution in [0.4, 0.5) is 0 Å². The Labute approximate surface area is 175 Å². The van der Waals surface area contributed by atoms with Crippen molar-refractivity contribution in [1.82, 2.24) is 9.97 Å². The summed E-state index contributed by atoms with van der Waals surface area (Å²) in [5.41, 5.74) is 0.585. The molecule has 8 nitrogen and oxygen atoms in total. The average molecular weight is 412 g/mol. The van der Waals surface area contributed by atoms with Crippen molar-refractivity contribution in [2.75, 3.05) is 0 Å². The van der Waals surface area contributed by atoms with Crippen LogP contribution in [-0.2, 0) is 18.6 Å². The number of hydrogen-bond donors (Lipinski definition) is 0. The molecular weight excluding hydrogens is 386 g/mol. The third-order valence-corrected chi connectivity index (χ3v) is 6.84. The molecule has 0 N–H and O–H groups in total. The number of hydrogen-bond acceptors (Lipinski definition) is 8. The van der Waals surface area contributed by atoms with E-state index in [1.54, 1.807) is 12.1 Å². The van der Waals surface area contributed by atoms with Crippen LogP contribution in [0.1, 0.15) is 55.4 Å². The SMILES string of the molecule is CC1(C)OB(c2nc3cc4oc(B5OC(C)(C)C(C)(C)O5)nc4cc3o2)OC1(C)C. The molecule has 0 amide bonds. The zero-order valence-electron chi connectivity index (χ0n) is 18.7. The Balaban J connectivity index is 1.47. The van der Waals surface area contributed by atoms with Gasteiger partial charge in [0.25, 0.3) is 0 Å². The molecule has 30 heavy (non-hydrogen) atoms. The van der Waals surface area contributed by atoms with E-state index in [2.05, 4.69) is 9.97 Å². The Morgan fingerprint density at radius 2 is 0.867 bits per heavy atom. The van der Waals surface area contributed by atoms with Crippen molar-refractivity contribution in [3.05, 3.63) is 12.1 Å². The van der Waals surface area contributed by atoms with Crippen LogP contribution in [0.25, 0.3) is 22.2 Å². The molecule has 10 heteroatoms. The van der Waals surface area contributed by atoms with E-state index in [1.807, 2.05) is 55.4 Å². The van der Waals surface area contributed by atoms with Gasteiger partial charge in [-0.25, -0.2) is 9.97 Å². The molecule has 2 aliphatic rings. The first-order chi connectivity index (χ1) is 13.8. The zero-order chi connectivity index (χ0) is 21.7. The van der Waals surface area contributed by atoms with E-state index in [0.717, 1.165) is 0 Å². The molecule has 1 aromatic carbocycles. The molecule has 3 aromatic rings. The van der Waals surface area contributed by atoms with Crippen molar-refractivity contribution in [3.8, 4) is 0 Å². The number of nitrogens with zero attached hydrogens (tertiary/aromatic N) is 2. The first kappa shape index (κ1) is 20.1. The van der Waals surface area contributed by atoms with Crippen LogP contribution in [0.3, 0.4) is 0 Å². The predicted molar refractivity (Wildman–Crippen MR) is 113 cm³/mol. The van der Waals surface area contributed by atoms with Gasteiger partial charge in [0.05, 0.1) is 22.4 Å². The van der Waals surface area contributed by atoms with E-state index in [-0.39, 0.29) is 0 Å². The van der Waals surface area contributed by atoms with Crippen LogP contribution in [0.15, 0.2) is 21.0 Å². The second-order valence-corrected chi connectivity index (χ2v) is 10.1. The van der Waals surface area contributed by atoms with Gasteiger partial charge >= 0.3 is 14.2 Å². The normalized spacial score (nSPS) is 24.4. The van der Waals surface area contributed by atoms with Crippen LogP contribution in [0, 0.1) is 0 Å². The molecule has 0 saturated carbocycles. The zero-order valence-corrected chi connectivity index (χ0v) is 18.7. The van der Waals surface area contributed by atoms with Crippen LogP contribution >= 0.6 is 0 Å². The average Bonchev–Trinajstić information content (AvgIpc) is 3.28. The van der Waals surface area contributed by atoms with E-state index in [1.165, 1.54) is 0 Å². The summed E-state index contributed by atoms with van der Waals surface area (Å²) in [6.45, 7) is 15.9. The highest BCUT2D eigenvalue weighted by Gasteiger charge is 2.55. The molecule has 2 aromatic heterocycles. The lowest BCUT2D eigenvalue weighted by Gasteiger charge is -2.32. The molecule has 0 atom stereocenters. The fourth-order valence-electron chi connectivity index (χ4n) is 3.47. The van der Waals surface area contributed by atoms with Gasteiger partial charge in [0.2, 0.25) is 11.6 Å². The molecule has 2 fully saturated rings. The number of aromatic nitrogens is 2. The van der Waals surface area contributed by atoms with Gasteiger partial charge in [-0.05, 0) is 55.4 Å². The molecule has 0 spiro atoms. The summed E-state index contributed by atoms with van der Waals surface area (Å²) in [7, 11) is -1.33. The van der Waals surface area contributed by atoms with Gasteiger partial charge < -0.3 is 27.5 Å². The highest BCUT2D eigenvalue weighted by atomic mass is 16.7. The number of rotatable bonds is 2. The Bertz CT molecular complexity index is 980. The third-order valence-electron chi connectivity index (χ3n) is 6.84. The molecule has 0 radical (unpaired) electrons. The lowest BCUT2D eigenvalue weighted by Crippen LogP contribution is -2.41. The van der Waals surface area contributed by atoms with Crippen molar-refractivity contribution in [3.63, 3.8) is 0 Å². The van der Waals surface area contributed by atoms with Crippen LogP contribution < -0.4 is 11.6 Å². The Hall–Kier alpha value is -1.87. The van der Waals surface area contributed by atoms with Crippen molar-refractivity contribution >= 4 is 48.0 Å². The topological polar surface area (TPSA) is 89.0 Å². The maximum Gasteiger partial charge on any atom is 0.554 e. The Morgan fingerprint density at radius 1 is 0.567 bits per heavy atom. The summed E-state index contributed by atoms with van der Waals surface area (Å²) in [5, 5.41) is 0. The van der Waals surface area contributed by atoms with Crippen molar-refractivity contribution in [2.24, 2.45) is 0 Å². The Morgan fingerprint density at radius 3 is 1.17 bits per heavy atom. The van der Waals surface area contributed by atoms with Gasteiger partial charge in [0, 0.05) is 12.1 Å². The first-order valence-electron chi connectivity index (χ1n) is 10.2. The Kier molecular flexibility index (Phi) is 3.93. The largest absolute Gasteiger partial charge is 0.554 e.